The molecule has 0 saturated carbocycles. The first-order chi connectivity index (χ1) is 10.1. The fourth-order valence-electron chi connectivity index (χ4n) is 2.85. The van der Waals surface area contributed by atoms with Crippen molar-refractivity contribution in [2.45, 2.75) is 39.7 Å². The molecule has 1 aliphatic heterocycles. The largest absolute Gasteiger partial charge is 0.354 e. The van der Waals surface area contributed by atoms with Gasteiger partial charge in [0, 0.05) is 45.0 Å². The van der Waals surface area contributed by atoms with Gasteiger partial charge >= 0.3 is 0 Å². The molecule has 0 radical (unpaired) electrons. The predicted octanol–water partition coefficient (Wildman–Crippen LogP) is 2.14. The van der Waals surface area contributed by atoms with Crippen LogP contribution in [0.3, 0.4) is 0 Å². The first-order valence-corrected chi connectivity index (χ1v) is 8.26. The zero-order valence-corrected chi connectivity index (χ0v) is 13.8. The molecule has 1 atom stereocenters. The molecule has 4 heteroatoms. The summed E-state index contributed by atoms with van der Waals surface area (Å²) in [6.07, 6.45) is 3.93. The molecule has 1 unspecified atom stereocenters. The number of rotatable bonds is 6. The van der Waals surface area contributed by atoms with E-state index in [0.29, 0.717) is 0 Å². The van der Waals surface area contributed by atoms with E-state index < -0.39 is 0 Å². The molecule has 0 amide bonds. The molecule has 2 N–H and O–H groups in total. The molecule has 2 rings (SSSR count). The zero-order chi connectivity index (χ0) is 15.2. The van der Waals surface area contributed by atoms with Crippen molar-refractivity contribution in [1.82, 2.24) is 9.88 Å². The third kappa shape index (κ3) is 4.97. The number of piperazine rings is 1. The van der Waals surface area contributed by atoms with Crippen LogP contribution in [-0.4, -0.2) is 48.6 Å². The first-order valence-electron chi connectivity index (χ1n) is 8.26. The summed E-state index contributed by atoms with van der Waals surface area (Å²) >= 11 is 0. The highest BCUT2D eigenvalue weighted by Crippen LogP contribution is 2.15. The van der Waals surface area contributed by atoms with Gasteiger partial charge in [-0.05, 0) is 30.4 Å². The third-order valence-electron chi connectivity index (χ3n) is 4.15. The van der Waals surface area contributed by atoms with Gasteiger partial charge in [0.2, 0.25) is 0 Å². The Kier molecular flexibility index (Phi) is 6.00. The second kappa shape index (κ2) is 7.76. The highest BCUT2D eigenvalue weighted by molar-refractivity contribution is 5.40. The van der Waals surface area contributed by atoms with E-state index in [1.807, 2.05) is 6.20 Å². The maximum Gasteiger partial charge on any atom is 0.128 e. The number of hydrogen-bond donors (Lipinski definition) is 1. The van der Waals surface area contributed by atoms with Gasteiger partial charge < -0.3 is 10.6 Å². The lowest BCUT2D eigenvalue weighted by Crippen LogP contribution is -2.47. The van der Waals surface area contributed by atoms with Crippen molar-refractivity contribution in [2.24, 2.45) is 11.7 Å². The number of pyridine rings is 1. The Morgan fingerprint density at radius 2 is 1.90 bits per heavy atom. The van der Waals surface area contributed by atoms with Crippen molar-refractivity contribution in [2.75, 3.05) is 37.6 Å². The minimum absolute atomic E-state index is 0.247. The number of anilines is 1. The Morgan fingerprint density at radius 1 is 1.19 bits per heavy atom. The monoisotopic (exact) mass is 290 g/mol. The summed E-state index contributed by atoms with van der Waals surface area (Å²) in [6, 6.07) is 4.57. The average molecular weight is 290 g/mol. The summed E-state index contributed by atoms with van der Waals surface area (Å²) in [4.78, 5) is 9.57. The number of hydrogen-bond acceptors (Lipinski definition) is 4. The highest BCUT2D eigenvalue weighted by Gasteiger charge is 2.18. The van der Waals surface area contributed by atoms with Gasteiger partial charge in [0.1, 0.15) is 5.82 Å². The van der Waals surface area contributed by atoms with Gasteiger partial charge in [0.25, 0.3) is 0 Å². The molecule has 0 aliphatic carbocycles. The standard InChI is InChI=1S/C17H30N4/c1-4-16(18)11-15-5-6-17(19-12-15)21-9-7-20(8-10-21)13-14(2)3/h5-6,12,14,16H,4,7-11,13,18H2,1-3H3. The van der Waals surface area contributed by atoms with Gasteiger partial charge in [-0.2, -0.15) is 0 Å². The minimum atomic E-state index is 0.247. The van der Waals surface area contributed by atoms with Crippen molar-refractivity contribution in [3.05, 3.63) is 23.9 Å². The van der Waals surface area contributed by atoms with Crippen LogP contribution in [0.25, 0.3) is 0 Å². The van der Waals surface area contributed by atoms with Crippen LogP contribution in [0.1, 0.15) is 32.8 Å². The minimum Gasteiger partial charge on any atom is -0.354 e. The van der Waals surface area contributed by atoms with Gasteiger partial charge in [-0.1, -0.05) is 26.8 Å². The van der Waals surface area contributed by atoms with E-state index in [-0.39, 0.29) is 6.04 Å². The molecule has 1 aromatic heterocycles. The summed E-state index contributed by atoms with van der Waals surface area (Å²) in [7, 11) is 0. The third-order valence-corrected chi connectivity index (χ3v) is 4.15. The molecule has 0 bridgehead atoms. The summed E-state index contributed by atoms with van der Waals surface area (Å²) in [5.41, 5.74) is 7.24. The summed E-state index contributed by atoms with van der Waals surface area (Å²) in [6.45, 7) is 12.3. The average Bonchev–Trinajstić information content (AvgIpc) is 2.48. The Bertz CT molecular complexity index is 407. The van der Waals surface area contributed by atoms with Gasteiger partial charge in [0.15, 0.2) is 0 Å². The van der Waals surface area contributed by atoms with Crippen LogP contribution in [0.5, 0.6) is 0 Å². The molecule has 1 aromatic rings. The van der Waals surface area contributed by atoms with Crippen molar-refractivity contribution >= 4 is 5.82 Å². The Balaban J connectivity index is 1.86. The molecule has 0 spiro atoms. The van der Waals surface area contributed by atoms with Gasteiger partial charge in [-0.25, -0.2) is 4.98 Å². The maximum atomic E-state index is 6.00. The number of aromatic nitrogens is 1. The van der Waals surface area contributed by atoms with E-state index in [1.165, 1.54) is 12.1 Å². The van der Waals surface area contributed by atoms with Crippen molar-refractivity contribution in [3.8, 4) is 0 Å². The van der Waals surface area contributed by atoms with Crippen LogP contribution in [0.4, 0.5) is 5.82 Å². The van der Waals surface area contributed by atoms with E-state index in [2.05, 4.69) is 47.7 Å². The Labute approximate surface area is 129 Å². The molecule has 2 heterocycles. The van der Waals surface area contributed by atoms with E-state index in [4.69, 9.17) is 5.73 Å². The van der Waals surface area contributed by atoms with Gasteiger partial charge in [0.05, 0.1) is 0 Å². The van der Waals surface area contributed by atoms with Crippen molar-refractivity contribution in [1.29, 1.82) is 0 Å². The zero-order valence-electron chi connectivity index (χ0n) is 13.8. The number of nitrogens with zero attached hydrogens (tertiary/aromatic N) is 3. The van der Waals surface area contributed by atoms with E-state index in [9.17, 15) is 0 Å². The number of nitrogens with two attached hydrogens (primary N) is 1. The Morgan fingerprint density at radius 3 is 2.43 bits per heavy atom. The Hall–Kier alpha value is -1.13. The van der Waals surface area contributed by atoms with Crippen LogP contribution in [0.15, 0.2) is 18.3 Å². The van der Waals surface area contributed by atoms with Crippen LogP contribution < -0.4 is 10.6 Å². The molecule has 1 saturated heterocycles. The summed E-state index contributed by atoms with van der Waals surface area (Å²) < 4.78 is 0. The second-order valence-electron chi connectivity index (χ2n) is 6.58. The molecule has 1 aliphatic rings. The van der Waals surface area contributed by atoms with E-state index >= 15 is 0 Å². The second-order valence-corrected chi connectivity index (χ2v) is 6.58. The smallest absolute Gasteiger partial charge is 0.128 e. The predicted molar refractivity (Wildman–Crippen MR) is 89.7 cm³/mol. The van der Waals surface area contributed by atoms with Crippen LogP contribution in [0.2, 0.25) is 0 Å². The van der Waals surface area contributed by atoms with E-state index in [1.54, 1.807) is 0 Å². The lowest BCUT2D eigenvalue weighted by Gasteiger charge is -2.36. The molecular weight excluding hydrogens is 260 g/mol. The lowest BCUT2D eigenvalue weighted by molar-refractivity contribution is 0.231. The topological polar surface area (TPSA) is 45.4 Å². The van der Waals surface area contributed by atoms with Crippen molar-refractivity contribution in [3.63, 3.8) is 0 Å². The van der Waals surface area contributed by atoms with E-state index in [0.717, 1.165) is 50.8 Å². The highest BCUT2D eigenvalue weighted by atomic mass is 15.3. The maximum absolute atomic E-state index is 6.00. The molecule has 118 valence electrons. The van der Waals surface area contributed by atoms with Crippen LogP contribution in [0, 0.1) is 5.92 Å². The van der Waals surface area contributed by atoms with Crippen LogP contribution >= 0.6 is 0 Å². The SMILES string of the molecule is CCC(N)Cc1ccc(N2CCN(CC(C)C)CC2)nc1. The van der Waals surface area contributed by atoms with Gasteiger partial charge in [-0.15, -0.1) is 0 Å². The molecule has 0 aromatic carbocycles. The fourth-order valence-corrected chi connectivity index (χ4v) is 2.85. The normalized spacial score (nSPS) is 18.2. The molecule has 21 heavy (non-hydrogen) atoms. The molecule has 4 nitrogen and oxygen atoms in total. The summed E-state index contributed by atoms with van der Waals surface area (Å²) in [5.74, 6) is 1.85. The molecular formula is C17H30N4. The molecule has 1 fully saturated rings. The first kappa shape index (κ1) is 16.2. The fraction of sp³-hybridized carbons (Fsp3) is 0.706. The lowest BCUT2D eigenvalue weighted by atomic mass is 10.1. The summed E-state index contributed by atoms with van der Waals surface area (Å²) in [5, 5.41) is 0. The quantitative estimate of drug-likeness (QED) is 0.872. The van der Waals surface area contributed by atoms with Crippen LogP contribution in [-0.2, 0) is 6.42 Å². The van der Waals surface area contributed by atoms with Crippen molar-refractivity contribution < 1.29 is 0 Å². The van der Waals surface area contributed by atoms with Gasteiger partial charge in [-0.3, -0.25) is 4.90 Å².